The monoisotopic (exact) mass is 470 g/mol. The number of anilines is 1. The molecule has 0 unspecified atom stereocenters. The molecule has 1 aliphatic heterocycles. The molecular weight excluding hydrogens is 448 g/mol. The second-order valence-electron chi connectivity index (χ2n) is 7.35. The van der Waals surface area contributed by atoms with Crippen molar-refractivity contribution in [3.8, 4) is 0 Å². The van der Waals surface area contributed by atoms with Crippen LogP contribution in [0.1, 0.15) is 23.2 Å². The van der Waals surface area contributed by atoms with Crippen LogP contribution >= 0.6 is 15.9 Å². The second kappa shape index (κ2) is 9.40. The maximum absolute atomic E-state index is 12.6. The van der Waals surface area contributed by atoms with Gasteiger partial charge < -0.3 is 9.72 Å². The Morgan fingerprint density at radius 2 is 1.93 bits per heavy atom. The number of halogens is 1. The van der Waals surface area contributed by atoms with Gasteiger partial charge in [0.05, 0.1) is 17.5 Å². The van der Waals surface area contributed by atoms with Crippen LogP contribution in [0.2, 0.25) is 0 Å². The molecule has 3 aromatic rings. The molecule has 0 aliphatic carbocycles. The van der Waals surface area contributed by atoms with E-state index in [0.29, 0.717) is 24.4 Å². The van der Waals surface area contributed by atoms with Gasteiger partial charge >= 0.3 is 6.09 Å². The zero-order chi connectivity index (χ0) is 20.9. The van der Waals surface area contributed by atoms with Crippen molar-refractivity contribution in [1.29, 1.82) is 0 Å². The van der Waals surface area contributed by atoms with Crippen molar-refractivity contribution in [1.82, 2.24) is 14.9 Å². The highest BCUT2D eigenvalue weighted by Gasteiger charge is 2.25. The first-order valence-corrected chi connectivity index (χ1v) is 10.8. The van der Waals surface area contributed by atoms with Gasteiger partial charge in [0.15, 0.2) is 5.78 Å². The number of amides is 1. The van der Waals surface area contributed by atoms with E-state index in [2.05, 4.69) is 36.1 Å². The number of ether oxygens (including phenoxy) is 1. The van der Waals surface area contributed by atoms with Crippen LogP contribution in [0, 0.1) is 5.92 Å². The Morgan fingerprint density at radius 1 is 1.17 bits per heavy atom. The average molecular weight is 471 g/mol. The zero-order valence-corrected chi connectivity index (χ0v) is 18.0. The van der Waals surface area contributed by atoms with Crippen molar-refractivity contribution in [2.45, 2.75) is 12.8 Å². The number of H-pyrrole nitrogens is 1. The number of para-hydroxylation sites is 1. The molecule has 4 rings (SSSR count). The molecule has 0 atom stereocenters. The number of hydrogen-bond acceptors (Lipinski definition) is 5. The number of likely N-dealkylation sites (tertiary alicyclic amines) is 1. The van der Waals surface area contributed by atoms with E-state index in [1.54, 1.807) is 12.4 Å². The molecule has 1 aromatic heterocycles. The fourth-order valence-electron chi connectivity index (χ4n) is 3.75. The lowest BCUT2D eigenvalue weighted by Crippen LogP contribution is -2.38. The number of piperidine rings is 1. The first-order valence-electron chi connectivity index (χ1n) is 9.98. The molecule has 1 saturated heterocycles. The lowest BCUT2D eigenvalue weighted by molar-refractivity contribution is 0.0813. The van der Waals surface area contributed by atoms with Gasteiger partial charge in [0.1, 0.15) is 12.1 Å². The maximum Gasteiger partial charge on any atom is 0.411 e. The average Bonchev–Trinajstić information content (AvgIpc) is 3.24. The van der Waals surface area contributed by atoms with Crippen LogP contribution in [0.5, 0.6) is 0 Å². The van der Waals surface area contributed by atoms with Gasteiger partial charge in [-0.25, -0.2) is 9.78 Å². The standard InChI is InChI=1S/C22H23BrN4O3/c23-17-6-4-15(5-7-17)21(28)16-8-10-27(11-9-16)12-13-30-22(29)26-19-3-1-2-18-20(19)25-14-24-18/h1-7,14,16H,8-13H2,(H,24,25)(H,26,29). The van der Waals surface area contributed by atoms with Gasteiger partial charge in [-0.2, -0.15) is 0 Å². The molecule has 0 bridgehead atoms. The fourth-order valence-corrected chi connectivity index (χ4v) is 4.01. The Bertz CT molecular complexity index is 1030. The summed E-state index contributed by atoms with van der Waals surface area (Å²) in [6, 6.07) is 13.1. The number of carbonyl (C=O) groups is 2. The van der Waals surface area contributed by atoms with E-state index in [9.17, 15) is 9.59 Å². The summed E-state index contributed by atoms with van der Waals surface area (Å²) in [6.07, 6.45) is 2.74. The van der Waals surface area contributed by atoms with E-state index in [-0.39, 0.29) is 11.7 Å². The third-order valence-electron chi connectivity index (χ3n) is 5.41. The summed E-state index contributed by atoms with van der Waals surface area (Å²) < 4.78 is 6.30. The van der Waals surface area contributed by atoms with E-state index >= 15 is 0 Å². The molecule has 7 nitrogen and oxygen atoms in total. The van der Waals surface area contributed by atoms with Crippen molar-refractivity contribution < 1.29 is 14.3 Å². The third kappa shape index (κ3) is 4.88. The predicted octanol–water partition coefficient (Wildman–Crippen LogP) is 4.47. The lowest BCUT2D eigenvalue weighted by atomic mass is 9.89. The first kappa shape index (κ1) is 20.6. The number of ketones is 1. The molecule has 156 valence electrons. The summed E-state index contributed by atoms with van der Waals surface area (Å²) in [5.41, 5.74) is 2.94. The summed E-state index contributed by atoms with van der Waals surface area (Å²) in [5, 5.41) is 2.74. The highest BCUT2D eigenvalue weighted by Crippen LogP contribution is 2.23. The molecule has 0 saturated carbocycles. The molecule has 1 amide bonds. The van der Waals surface area contributed by atoms with Crippen LogP contribution in [-0.2, 0) is 4.74 Å². The van der Waals surface area contributed by atoms with E-state index in [1.165, 1.54) is 0 Å². The van der Waals surface area contributed by atoms with Crippen LogP contribution in [0.3, 0.4) is 0 Å². The van der Waals surface area contributed by atoms with Crippen LogP contribution in [0.15, 0.2) is 53.3 Å². The molecule has 0 radical (unpaired) electrons. The molecule has 30 heavy (non-hydrogen) atoms. The van der Waals surface area contributed by atoms with Crippen LogP contribution < -0.4 is 5.32 Å². The smallest absolute Gasteiger partial charge is 0.411 e. The Balaban J connectivity index is 1.19. The Kier molecular flexibility index (Phi) is 6.44. The molecule has 2 aromatic carbocycles. The minimum Gasteiger partial charge on any atom is -0.448 e. The normalized spacial score (nSPS) is 15.2. The number of hydrogen-bond donors (Lipinski definition) is 2. The highest BCUT2D eigenvalue weighted by atomic mass is 79.9. The van der Waals surface area contributed by atoms with Crippen LogP contribution in [-0.4, -0.2) is 53.0 Å². The Labute approximate surface area is 182 Å². The highest BCUT2D eigenvalue weighted by molar-refractivity contribution is 9.10. The summed E-state index contributed by atoms with van der Waals surface area (Å²) in [5.74, 6) is 0.270. The van der Waals surface area contributed by atoms with Crippen molar-refractivity contribution in [3.05, 3.63) is 58.8 Å². The molecule has 2 N–H and O–H groups in total. The zero-order valence-electron chi connectivity index (χ0n) is 16.4. The molecule has 2 heterocycles. The van der Waals surface area contributed by atoms with Crippen LogP contribution in [0.4, 0.5) is 10.5 Å². The fraction of sp³-hybridized carbons (Fsp3) is 0.318. The number of nitrogens with one attached hydrogen (secondary N) is 2. The summed E-state index contributed by atoms with van der Waals surface area (Å²) >= 11 is 3.40. The number of imidazole rings is 1. The molecular formula is C22H23BrN4O3. The van der Waals surface area contributed by atoms with Crippen LogP contribution in [0.25, 0.3) is 11.0 Å². The second-order valence-corrected chi connectivity index (χ2v) is 8.27. The van der Waals surface area contributed by atoms with Crippen molar-refractivity contribution in [2.75, 3.05) is 31.6 Å². The number of aromatic nitrogens is 2. The quantitative estimate of drug-likeness (QED) is 0.518. The molecule has 0 spiro atoms. The number of benzene rings is 2. The Hall–Kier alpha value is -2.71. The lowest BCUT2D eigenvalue weighted by Gasteiger charge is -2.31. The number of carbonyl (C=O) groups excluding carboxylic acids is 2. The van der Waals surface area contributed by atoms with Gasteiger partial charge in [-0.1, -0.05) is 34.1 Å². The van der Waals surface area contributed by atoms with E-state index < -0.39 is 6.09 Å². The molecule has 1 fully saturated rings. The SMILES string of the molecule is O=C(Nc1cccc2[nH]cnc12)OCCN1CCC(C(=O)c2ccc(Br)cc2)CC1. The van der Waals surface area contributed by atoms with Gasteiger partial charge in [0.2, 0.25) is 0 Å². The van der Waals surface area contributed by atoms with Gasteiger partial charge in [-0.15, -0.1) is 0 Å². The number of nitrogens with zero attached hydrogens (tertiary/aromatic N) is 2. The number of rotatable bonds is 6. The van der Waals surface area contributed by atoms with E-state index in [0.717, 1.165) is 41.5 Å². The van der Waals surface area contributed by atoms with E-state index in [4.69, 9.17) is 4.74 Å². The minimum absolute atomic E-state index is 0.0565. The van der Waals surface area contributed by atoms with E-state index in [1.807, 2.05) is 36.4 Å². The molecule has 1 aliphatic rings. The largest absolute Gasteiger partial charge is 0.448 e. The van der Waals surface area contributed by atoms with Crippen molar-refractivity contribution in [3.63, 3.8) is 0 Å². The molecule has 8 heteroatoms. The first-order chi connectivity index (χ1) is 14.6. The summed E-state index contributed by atoms with van der Waals surface area (Å²) in [4.78, 5) is 34.2. The minimum atomic E-state index is -0.495. The third-order valence-corrected chi connectivity index (χ3v) is 5.94. The van der Waals surface area contributed by atoms with Crippen molar-refractivity contribution >= 4 is 44.5 Å². The Morgan fingerprint density at radius 3 is 2.70 bits per heavy atom. The van der Waals surface area contributed by atoms with Gasteiger partial charge in [0.25, 0.3) is 0 Å². The summed E-state index contributed by atoms with van der Waals surface area (Å²) in [6.45, 7) is 2.60. The van der Waals surface area contributed by atoms with Gasteiger partial charge in [-0.05, 0) is 50.2 Å². The van der Waals surface area contributed by atoms with Crippen molar-refractivity contribution in [2.24, 2.45) is 5.92 Å². The number of aromatic amines is 1. The van der Waals surface area contributed by atoms with Gasteiger partial charge in [-0.3, -0.25) is 15.0 Å². The topological polar surface area (TPSA) is 87.3 Å². The number of fused-ring (bicyclic) bond motifs is 1. The van der Waals surface area contributed by atoms with Gasteiger partial charge in [0, 0.05) is 22.5 Å². The summed E-state index contributed by atoms with van der Waals surface area (Å²) in [7, 11) is 0. The number of Topliss-reactive ketones (excluding diaryl/α,β-unsaturated/α-hetero) is 1. The maximum atomic E-state index is 12.6. The predicted molar refractivity (Wildman–Crippen MR) is 119 cm³/mol.